The van der Waals surface area contributed by atoms with E-state index in [0.717, 1.165) is 35.8 Å². The fourth-order valence-electron chi connectivity index (χ4n) is 7.04. The summed E-state index contributed by atoms with van der Waals surface area (Å²) in [5, 5.41) is 14.1. The quantitative estimate of drug-likeness (QED) is 0.333. The first kappa shape index (κ1) is 34.2. The number of aliphatic hydroxyl groups excluding tert-OH is 1. The van der Waals surface area contributed by atoms with Crippen molar-refractivity contribution in [3.05, 3.63) is 53.1 Å². The summed E-state index contributed by atoms with van der Waals surface area (Å²) in [6.45, 7) is 9.51. The van der Waals surface area contributed by atoms with Crippen LogP contribution in [0.25, 0.3) is 0 Å². The molecule has 3 aliphatic rings. The van der Waals surface area contributed by atoms with Crippen LogP contribution in [0.2, 0.25) is 0 Å². The fraction of sp³-hybridized carbons (Fsp3) is 0.588. The third-order valence-corrected chi connectivity index (χ3v) is 10.2. The van der Waals surface area contributed by atoms with Gasteiger partial charge in [-0.25, -0.2) is 8.42 Å². The number of likely N-dealkylation sites (tertiary alicyclic amines) is 1. The molecule has 3 N–H and O–H groups in total. The first-order valence-corrected chi connectivity index (χ1v) is 18.3. The van der Waals surface area contributed by atoms with Gasteiger partial charge in [0.05, 0.1) is 12.4 Å². The van der Waals surface area contributed by atoms with Crippen LogP contribution in [0.3, 0.4) is 0 Å². The predicted octanol–water partition coefficient (Wildman–Crippen LogP) is 3.72. The molecule has 0 radical (unpaired) electrons. The molecule has 2 aromatic carbocycles. The molecule has 1 spiro atoms. The standard InChI is InChI=1S/C34H48N4O7S/c1-5-6-15-38-32(40)29(30(39)26-11-18-44-19-12-26)35-33(41)34(38)13-16-37(17-14-34)22-25-7-9-28(10-8-25)45-31-23(2)20-27(21-24(31)3)36-46(4,42)43/h7-10,20-21,26,29-30,36,39H,5-6,11-19,22H2,1-4H3,(H,35,41)/t29-,30-/m1/s1. The predicted molar refractivity (Wildman–Crippen MR) is 176 cm³/mol. The first-order chi connectivity index (χ1) is 21.9. The number of rotatable bonds is 11. The normalized spacial score (nSPS) is 21.7. The average Bonchev–Trinajstić information content (AvgIpc) is 3.02. The summed E-state index contributed by atoms with van der Waals surface area (Å²) < 4.78 is 37.4. The van der Waals surface area contributed by atoms with E-state index in [2.05, 4.69) is 21.9 Å². The van der Waals surface area contributed by atoms with Crippen LogP contribution in [-0.2, 0) is 30.9 Å². The van der Waals surface area contributed by atoms with E-state index in [1.807, 2.05) is 38.1 Å². The molecule has 2 aromatic rings. The van der Waals surface area contributed by atoms with E-state index < -0.39 is 27.7 Å². The molecule has 46 heavy (non-hydrogen) atoms. The topological polar surface area (TPSA) is 138 Å². The number of benzene rings is 2. The lowest BCUT2D eigenvalue weighted by Crippen LogP contribution is -2.75. The molecule has 252 valence electrons. The van der Waals surface area contributed by atoms with Gasteiger partial charge in [0, 0.05) is 45.1 Å². The number of piperazine rings is 1. The maximum absolute atomic E-state index is 13.9. The largest absolute Gasteiger partial charge is 0.457 e. The summed E-state index contributed by atoms with van der Waals surface area (Å²) in [5.74, 6) is 0.983. The van der Waals surface area contributed by atoms with Gasteiger partial charge >= 0.3 is 0 Å². The minimum atomic E-state index is -3.37. The SMILES string of the molecule is CCCCN1C(=O)[C@@H]([C@H](O)C2CCOCC2)NC(=O)C12CCN(Cc1ccc(Oc3c(C)cc(NS(C)(=O)=O)cc3C)cc1)CC2. The van der Waals surface area contributed by atoms with Crippen molar-refractivity contribution in [2.24, 2.45) is 5.92 Å². The molecule has 3 heterocycles. The fourth-order valence-corrected chi connectivity index (χ4v) is 7.59. The molecular weight excluding hydrogens is 608 g/mol. The third kappa shape index (κ3) is 7.67. The molecule has 0 saturated carbocycles. The van der Waals surface area contributed by atoms with Crippen molar-refractivity contribution in [3.63, 3.8) is 0 Å². The number of aliphatic hydroxyl groups is 1. The van der Waals surface area contributed by atoms with Gasteiger partial charge in [0.1, 0.15) is 23.1 Å². The Morgan fingerprint density at radius 2 is 1.72 bits per heavy atom. The van der Waals surface area contributed by atoms with Crippen LogP contribution in [0.1, 0.15) is 62.1 Å². The summed E-state index contributed by atoms with van der Waals surface area (Å²) in [6.07, 6.45) is 4.36. The van der Waals surface area contributed by atoms with Gasteiger partial charge < -0.3 is 24.8 Å². The van der Waals surface area contributed by atoms with Crippen molar-refractivity contribution in [3.8, 4) is 11.5 Å². The highest BCUT2D eigenvalue weighted by Gasteiger charge is 2.55. The zero-order valence-electron chi connectivity index (χ0n) is 27.4. The number of aryl methyl sites for hydroxylation is 2. The van der Waals surface area contributed by atoms with Gasteiger partial charge in [-0.2, -0.15) is 0 Å². The average molecular weight is 657 g/mol. The number of hydrogen-bond donors (Lipinski definition) is 3. The second kappa shape index (κ2) is 14.3. The highest BCUT2D eigenvalue weighted by Crippen LogP contribution is 2.36. The lowest BCUT2D eigenvalue weighted by Gasteiger charge is -2.52. The second-order valence-corrected chi connectivity index (χ2v) is 14.9. The number of amides is 2. The Bertz CT molecular complexity index is 1480. The number of ether oxygens (including phenoxy) is 2. The van der Waals surface area contributed by atoms with Crippen LogP contribution < -0.4 is 14.8 Å². The molecule has 0 aromatic heterocycles. The lowest BCUT2D eigenvalue weighted by atomic mass is 9.79. The number of carbonyl (C=O) groups excluding carboxylic acids is 2. The molecule has 11 nitrogen and oxygen atoms in total. The van der Waals surface area contributed by atoms with E-state index in [-0.39, 0.29) is 17.7 Å². The van der Waals surface area contributed by atoms with Crippen LogP contribution in [0.4, 0.5) is 5.69 Å². The number of carbonyl (C=O) groups is 2. The van der Waals surface area contributed by atoms with Crippen molar-refractivity contribution in [1.29, 1.82) is 0 Å². The van der Waals surface area contributed by atoms with Crippen molar-refractivity contribution >= 4 is 27.5 Å². The van der Waals surface area contributed by atoms with Crippen LogP contribution in [0, 0.1) is 19.8 Å². The van der Waals surface area contributed by atoms with Crippen LogP contribution >= 0.6 is 0 Å². The zero-order chi connectivity index (χ0) is 33.1. The van der Waals surface area contributed by atoms with E-state index in [0.29, 0.717) is 82.3 Å². The van der Waals surface area contributed by atoms with E-state index >= 15 is 0 Å². The number of nitrogens with zero attached hydrogens (tertiary/aromatic N) is 2. The molecule has 2 amide bonds. The maximum atomic E-state index is 13.9. The summed E-state index contributed by atoms with van der Waals surface area (Å²) in [5.41, 5.74) is 2.35. The van der Waals surface area contributed by atoms with Gasteiger partial charge in [-0.3, -0.25) is 19.2 Å². The maximum Gasteiger partial charge on any atom is 0.248 e. The van der Waals surface area contributed by atoms with E-state index in [9.17, 15) is 23.1 Å². The smallest absolute Gasteiger partial charge is 0.248 e. The Kier molecular flexibility index (Phi) is 10.6. The van der Waals surface area contributed by atoms with Crippen LogP contribution in [0.15, 0.2) is 36.4 Å². The minimum absolute atomic E-state index is 0.0680. The molecule has 0 aliphatic carbocycles. The molecule has 0 unspecified atom stereocenters. The Hall–Kier alpha value is -3.19. The molecular formula is C34H48N4O7S. The molecule has 0 bridgehead atoms. The number of nitrogens with one attached hydrogen (secondary N) is 2. The Morgan fingerprint density at radius 3 is 2.30 bits per heavy atom. The molecule has 3 saturated heterocycles. The Morgan fingerprint density at radius 1 is 1.09 bits per heavy atom. The summed E-state index contributed by atoms with van der Waals surface area (Å²) >= 11 is 0. The van der Waals surface area contributed by atoms with Crippen molar-refractivity contribution in [1.82, 2.24) is 15.1 Å². The van der Waals surface area contributed by atoms with Gasteiger partial charge in [-0.15, -0.1) is 0 Å². The van der Waals surface area contributed by atoms with E-state index in [4.69, 9.17) is 9.47 Å². The number of anilines is 1. The van der Waals surface area contributed by atoms with Gasteiger partial charge in [0.2, 0.25) is 21.8 Å². The van der Waals surface area contributed by atoms with Gasteiger partial charge in [0.15, 0.2) is 0 Å². The van der Waals surface area contributed by atoms with Gasteiger partial charge in [-0.1, -0.05) is 25.5 Å². The third-order valence-electron chi connectivity index (χ3n) is 9.58. The number of hydrogen-bond acceptors (Lipinski definition) is 8. The zero-order valence-corrected chi connectivity index (χ0v) is 28.2. The first-order valence-electron chi connectivity index (χ1n) is 16.4. The Labute approximate surface area is 272 Å². The van der Waals surface area contributed by atoms with Crippen molar-refractivity contribution in [2.75, 3.05) is 43.8 Å². The van der Waals surface area contributed by atoms with Crippen molar-refractivity contribution < 1.29 is 32.6 Å². The molecule has 2 atom stereocenters. The van der Waals surface area contributed by atoms with Gasteiger partial charge in [0.25, 0.3) is 0 Å². The van der Waals surface area contributed by atoms with Crippen LogP contribution in [0.5, 0.6) is 11.5 Å². The molecule has 5 rings (SSSR count). The number of sulfonamides is 1. The lowest BCUT2D eigenvalue weighted by molar-refractivity contribution is -0.166. The van der Waals surface area contributed by atoms with Crippen molar-refractivity contribution in [2.45, 2.75) is 83.5 Å². The molecule has 12 heteroatoms. The second-order valence-electron chi connectivity index (χ2n) is 13.1. The highest BCUT2D eigenvalue weighted by atomic mass is 32.2. The summed E-state index contributed by atoms with van der Waals surface area (Å²) in [4.78, 5) is 31.7. The minimum Gasteiger partial charge on any atom is -0.457 e. The summed E-state index contributed by atoms with van der Waals surface area (Å²) in [6, 6.07) is 10.5. The van der Waals surface area contributed by atoms with E-state index in [1.165, 1.54) is 0 Å². The number of unbranched alkanes of at least 4 members (excludes halogenated alkanes) is 1. The molecule has 3 aliphatic heterocycles. The highest BCUT2D eigenvalue weighted by molar-refractivity contribution is 7.92. The molecule has 3 fully saturated rings. The Balaban J connectivity index is 1.21. The monoisotopic (exact) mass is 656 g/mol. The van der Waals surface area contributed by atoms with Gasteiger partial charge in [-0.05, 0) is 92.8 Å². The van der Waals surface area contributed by atoms with Crippen LogP contribution in [-0.4, -0.2) is 91.9 Å². The number of piperidine rings is 1. The van der Waals surface area contributed by atoms with E-state index in [1.54, 1.807) is 17.0 Å². The summed E-state index contributed by atoms with van der Waals surface area (Å²) in [7, 11) is -3.37.